The Kier molecular flexibility index (Phi) is 7.09. The van der Waals surface area contributed by atoms with Crippen LogP contribution in [-0.4, -0.2) is 32.8 Å². The van der Waals surface area contributed by atoms with Crippen molar-refractivity contribution in [2.75, 3.05) is 6.61 Å². The molecule has 0 heterocycles. The minimum atomic E-state index is -0.631. The molecule has 0 fully saturated rings. The van der Waals surface area contributed by atoms with E-state index in [1.54, 1.807) is 0 Å². The van der Waals surface area contributed by atoms with Crippen LogP contribution in [0.15, 0.2) is 60.7 Å². The third kappa shape index (κ3) is 4.97. The SMILES string of the molecule is CCO[C@@H](C#C[Se]c1ccccc1)C(C)(C)[C@H](O)c1ccccc1. The van der Waals surface area contributed by atoms with Crippen LogP contribution in [-0.2, 0) is 4.74 Å². The van der Waals surface area contributed by atoms with Crippen LogP contribution in [0.1, 0.15) is 32.4 Å². The summed E-state index contributed by atoms with van der Waals surface area (Å²) < 4.78 is 7.11. The molecule has 0 aliphatic carbocycles. The average Bonchev–Trinajstić information content (AvgIpc) is 2.62. The van der Waals surface area contributed by atoms with Crippen molar-refractivity contribution in [3.05, 3.63) is 66.2 Å². The zero-order valence-corrected chi connectivity index (χ0v) is 16.1. The fourth-order valence-corrected chi connectivity index (χ4v) is 3.66. The predicted molar refractivity (Wildman–Crippen MR) is 100 cm³/mol. The van der Waals surface area contributed by atoms with Crippen molar-refractivity contribution in [3.8, 4) is 10.7 Å². The summed E-state index contributed by atoms with van der Waals surface area (Å²) in [5, 5.41) is 10.8. The van der Waals surface area contributed by atoms with E-state index in [4.69, 9.17) is 4.74 Å². The quantitative estimate of drug-likeness (QED) is 0.610. The molecule has 0 aromatic heterocycles. The molecule has 1 N–H and O–H groups in total. The van der Waals surface area contributed by atoms with Crippen LogP contribution in [0.25, 0.3) is 0 Å². The number of aliphatic hydroxyl groups is 1. The summed E-state index contributed by atoms with van der Waals surface area (Å²) in [7, 11) is 0. The molecule has 0 bridgehead atoms. The molecule has 2 aromatic carbocycles. The maximum atomic E-state index is 10.8. The Hall–Kier alpha value is -1.56. The van der Waals surface area contributed by atoms with E-state index in [1.165, 1.54) is 4.46 Å². The molecule has 0 aliphatic rings. The van der Waals surface area contributed by atoms with Gasteiger partial charge in [0.1, 0.15) is 0 Å². The molecule has 2 aromatic rings. The molecule has 0 radical (unpaired) electrons. The molecule has 0 aliphatic heterocycles. The van der Waals surface area contributed by atoms with Crippen LogP contribution in [0.3, 0.4) is 0 Å². The fraction of sp³-hybridized carbons (Fsp3) is 0.333. The van der Waals surface area contributed by atoms with Gasteiger partial charge in [-0.05, 0) is 0 Å². The number of benzene rings is 2. The number of rotatable bonds is 6. The van der Waals surface area contributed by atoms with Crippen molar-refractivity contribution >= 4 is 19.4 Å². The van der Waals surface area contributed by atoms with Gasteiger partial charge < -0.3 is 0 Å². The maximum absolute atomic E-state index is 10.8. The molecular weight excluding hydrogens is 363 g/mol. The molecule has 0 spiro atoms. The summed E-state index contributed by atoms with van der Waals surface area (Å²) in [6.07, 6.45) is -0.947. The summed E-state index contributed by atoms with van der Waals surface area (Å²) in [4.78, 5) is 3.28. The summed E-state index contributed by atoms with van der Waals surface area (Å²) in [5.41, 5.74) is 0.388. The molecule has 3 heteroatoms. The summed E-state index contributed by atoms with van der Waals surface area (Å²) in [6, 6.07) is 20.0. The van der Waals surface area contributed by atoms with E-state index < -0.39 is 11.5 Å². The number of aliphatic hydroxyl groups excluding tert-OH is 1. The van der Waals surface area contributed by atoms with Crippen molar-refractivity contribution in [1.29, 1.82) is 0 Å². The summed E-state index contributed by atoms with van der Waals surface area (Å²) in [5.74, 6) is 3.26. The molecule has 24 heavy (non-hydrogen) atoms. The molecule has 126 valence electrons. The first kappa shape index (κ1) is 18.8. The van der Waals surface area contributed by atoms with Crippen LogP contribution in [0, 0.1) is 16.2 Å². The molecule has 0 unspecified atom stereocenters. The van der Waals surface area contributed by atoms with Gasteiger partial charge in [0.2, 0.25) is 0 Å². The molecule has 2 nitrogen and oxygen atoms in total. The topological polar surface area (TPSA) is 29.5 Å². The molecule has 2 rings (SSSR count). The van der Waals surface area contributed by atoms with Gasteiger partial charge in [0, 0.05) is 0 Å². The van der Waals surface area contributed by atoms with E-state index in [9.17, 15) is 5.11 Å². The number of ether oxygens (including phenoxy) is 1. The zero-order chi connectivity index (χ0) is 17.4. The molecule has 0 saturated heterocycles. The first-order valence-corrected chi connectivity index (χ1v) is 9.84. The van der Waals surface area contributed by atoms with E-state index in [2.05, 4.69) is 22.9 Å². The molecule has 0 amide bonds. The predicted octanol–water partition coefficient (Wildman–Crippen LogP) is 3.14. The fourth-order valence-electron chi connectivity index (χ4n) is 2.45. The van der Waals surface area contributed by atoms with Crippen LogP contribution in [0.2, 0.25) is 0 Å². The Morgan fingerprint density at radius 2 is 1.62 bits per heavy atom. The molecular formula is C21H24O2Se. The third-order valence-electron chi connectivity index (χ3n) is 3.93. The van der Waals surface area contributed by atoms with Crippen LogP contribution >= 0.6 is 0 Å². The Morgan fingerprint density at radius 1 is 1.04 bits per heavy atom. The van der Waals surface area contributed by atoms with Gasteiger partial charge in [-0.15, -0.1) is 0 Å². The van der Waals surface area contributed by atoms with Gasteiger partial charge in [-0.1, -0.05) is 0 Å². The van der Waals surface area contributed by atoms with Crippen molar-refractivity contribution in [2.24, 2.45) is 5.41 Å². The Bertz CT molecular complexity index is 671. The van der Waals surface area contributed by atoms with Gasteiger partial charge in [-0.2, -0.15) is 0 Å². The second-order valence-electron chi connectivity index (χ2n) is 6.13. The Balaban J connectivity index is 2.16. The molecule has 0 saturated carbocycles. The first-order chi connectivity index (χ1) is 11.6. The van der Waals surface area contributed by atoms with Gasteiger partial charge in [-0.25, -0.2) is 0 Å². The van der Waals surface area contributed by atoms with E-state index >= 15 is 0 Å². The Labute approximate surface area is 151 Å². The van der Waals surface area contributed by atoms with Crippen molar-refractivity contribution in [3.63, 3.8) is 0 Å². The van der Waals surface area contributed by atoms with Crippen molar-refractivity contribution < 1.29 is 9.84 Å². The Morgan fingerprint density at radius 3 is 2.21 bits per heavy atom. The minimum absolute atomic E-state index is 0.0877. The van der Waals surface area contributed by atoms with E-state index in [0.717, 1.165) is 5.56 Å². The van der Waals surface area contributed by atoms with E-state index in [0.29, 0.717) is 6.61 Å². The van der Waals surface area contributed by atoms with Gasteiger partial charge in [0.15, 0.2) is 0 Å². The second-order valence-corrected chi connectivity index (χ2v) is 7.98. The van der Waals surface area contributed by atoms with Crippen LogP contribution in [0.5, 0.6) is 0 Å². The summed E-state index contributed by atoms with van der Waals surface area (Å²) >= 11 is 0.0877. The van der Waals surface area contributed by atoms with Crippen molar-refractivity contribution in [1.82, 2.24) is 0 Å². The number of hydrogen-bond donors (Lipinski definition) is 1. The number of hydrogen-bond acceptors (Lipinski definition) is 2. The van der Waals surface area contributed by atoms with Crippen LogP contribution in [0.4, 0.5) is 0 Å². The van der Waals surface area contributed by atoms with Crippen molar-refractivity contribution in [2.45, 2.75) is 33.0 Å². The first-order valence-electron chi connectivity index (χ1n) is 8.12. The second kappa shape index (κ2) is 9.06. The third-order valence-corrected chi connectivity index (χ3v) is 5.46. The van der Waals surface area contributed by atoms with Gasteiger partial charge in [0.05, 0.1) is 0 Å². The molecule has 2 atom stereocenters. The van der Waals surface area contributed by atoms with Gasteiger partial charge in [-0.3, -0.25) is 0 Å². The van der Waals surface area contributed by atoms with Gasteiger partial charge >= 0.3 is 151 Å². The van der Waals surface area contributed by atoms with E-state index in [-0.39, 0.29) is 21.1 Å². The monoisotopic (exact) mass is 388 g/mol. The standard InChI is InChI=1S/C21H24O2Se/c1-4-23-19(15-16-24-18-13-9-6-10-14-18)21(2,3)20(22)17-11-7-5-8-12-17/h5-14,19-20,22H,4H2,1-3H3/t19-,20+/m0/s1. The normalized spacial score (nSPS) is 13.7. The van der Waals surface area contributed by atoms with Gasteiger partial charge in [0.25, 0.3) is 0 Å². The van der Waals surface area contributed by atoms with Crippen LogP contribution < -0.4 is 4.46 Å². The zero-order valence-electron chi connectivity index (χ0n) is 14.4. The van der Waals surface area contributed by atoms with E-state index in [1.807, 2.05) is 69.3 Å². The average molecular weight is 387 g/mol. The summed E-state index contributed by atoms with van der Waals surface area (Å²) in [6.45, 7) is 6.55.